The van der Waals surface area contributed by atoms with Crippen LogP contribution in [0.5, 0.6) is 0 Å². The van der Waals surface area contributed by atoms with Gasteiger partial charge in [0.1, 0.15) is 0 Å². The van der Waals surface area contributed by atoms with Gasteiger partial charge in [-0.2, -0.15) is 0 Å². The highest BCUT2D eigenvalue weighted by Gasteiger charge is 2.43. The summed E-state index contributed by atoms with van der Waals surface area (Å²) in [6.45, 7) is 5.77. The van der Waals surface area contributed by atoms with Gasteiger partial charge in [0, 0.05) is 17.7 Å². The first kappa shape index (κ1) is 6.76. The Hall–Kier alpha value is -0.720. The van der Waals surface area contributed by atoms with Crippen molar-refractivity contribution in [1.29, 1.82) is 0 Å². The van der Waals surface area contributed by atoms with E-state index in [1.807, 2.05) is 0 Å². The average molecular weight is 161 g/mol. The number of fused-ring (bicyclic) bond motifs is 2. The number of allylic oxidation sites excluding steroid dienone is 3. The molecule has 1 saturated carbocycles. The molecular weight excluding hydrogens is 146 g/mol. The predicted molar refractivity (Wildman–Crippen MR) is 49.5 cm³/mol. The highest BCUT2D eigenvalue weighted by Crippen LogP contribution is 2.50. The molecule has 0 radical (unpaired) electrons. The molecule has 0 spiro atoms. The molecule has 0 aromatic rings. The van der Waals surface area contributed by atoms with Crippen LogP contribution in [0.3, 0.4) is 0 Å². The average Bonchev–Trinajstić information content (AvgIpc) is 2.70. The maximum Gasteiger partial charge on any atom is 0.0338 e. The fourth-order valence-electron chi connectivity index (χ4n) is 2.38. The van der Waals surface area contributed by atoms with Crippen molar-refractivity contribution in [2.24, 2.45) is 17.3 Å². The van der Waals surface area contributed by atoms with E-state index in [1.54, 1.807) is 5.57 Å². The monoisotopic (exact) mass is 161 g/mol. The number of nitrogens with one attached hydrogen (secondary N) is 1. The Balaban J connectivity index is 2.07. The fraction of sp³-hybridized carbons (Fsp3) is 0.636. The lowest BCUT2D eigenvalue weighted by Gasteiger charge is -2.19. The highest BCUT2D eigenvalue weighted by atomic mass is 14.9. The van der Waals surface area contributed by atoms with Crippen LogP contribution in [0.4, 0.5) is 0 Å². The molecular formula is C11H15N. The molecule has 12 heavy (non-hydrogen) atoms. The third kappa shape index (κ3) is 0.742. The largest absolute Gasteiger partial charge is 0.384 e. The molecule has 2 atom stereocenters. The molecule has 0 aromatic carbocycles. The first-order valence-electron chi connectivity index (χ1n) is 4.85. The molecule has 0 aromatic heterocycles. The number of rotatable bonds is 0. The molecule has 0 amide bonds. The van der Waals surface area contributed by atoms with E-state index in [0.717, 1.165) is 18.4 Å². The Bertz CT molecular complexity index is 296. The molecule has 2 unspecified atom stereocenters. The molecule has 64 valence electrons. The van der Waals surface area contributed by atoms with Crippen molar-refractivity contribution in [3.8, 4) is 0 Å². The molecule has 1 heterocycles. The SMILES string of the molecule is CC1(C)CNC2=CC3CC3C=C21. The highest BCUT2D eigenvalue weighted by molar-refractivity contribution is 5.45. The van der Waals surface area contributed by atoms with Gasteiger partial charge in [-0.25, -0.2) is 0 Å². The Morgan fingerprint density at radius 1 is 1.33 bits per heavy atom. The molecule has 1 saturated heterocycles. The smallest absolute Gasteiger partial charge is 0.0338 e. The van der Waals surface area contributed by atoms with E-state index in [4.69, 9.17) is 0 Å². The van der Waals surface area contributed by atoms with Gasteiger partial charge < -0.3 is 5.32 Å². The van der Waals surface area contributed by atoms with E-state index < -0.39 is 0 Å². The fourth-order valence-corrected chi connectivity index (χ4v) is 2.38. The van der Waals surface area contributed by atoms with Crippen molar-refractivity contribution in [3.63, 3.8) is 0 Å². The summed E-state index contributed by atoms with van der Waals surface area (Å²) in [5.41, 5.74) is 3.37. The maximum absolute atomic E-state index is 3.50. The van der Waals surface area contributed by atoms with E-state index in [9.17, 15) is 0 Å². The van der Waals surface area contributed by atoms with Gasteiger partial charge in [0.2, 0.25) is 0 Å². The lowest BCUT2D eigenvalue weighted by atomic mass is 9.84. The number of hydrogen-bond donors (Lipinski definition) is 1. The maximum atomic E-state index is 3.50. The van der Waals surface area contributed by atoms with Crippen LogP contribution in [0.1, 0.15) is 20.3 Å². The summed E-state index contributed by atoms with van der Waals surface area (Å²) < 4.78 is 0. The van der Waals surface area contributed by atoms with Crippen molar-refractivity contribution < 1.29 is 0 Å². The second-order valence-corrected chi connectivity index (χ2v) is 4.96. The minimum absolute atomic E-state index is 0.374. The lowest BCUT2D eigenvalue weighted by molar-refractivity contribution is 0.488. The first-order chi connectivity index (χ1) is 5.67. The molecule has 1 N–H and O–H groups in total. The van der Waals surface area contributed by atoms with Crippen LogP contribution in [-0.4, -0.2) is 6.54 Å². The summed E-state index contributed by atoms with van der Waals surface area (Å²) >= 11 is 0. The van der Waals surface area contributed by atoms with Crippen LogP contribution >= 0.6 is 0 Å². The van der Waals surface area contributed by atoms with Crippen LogP contribution < -0.4 is 5.32 Å². The minimum atomic E-state index is 0.374. The molecule has 1 heteroatoms. The number of hydrogen-bond acceptors (Lipinski definition) is 1. The van der Waals surface area contributed by atoms with Crippen LogP contribution in [-0.2, 0) is 0 Å². The third-order valence-electron chi connectivity index (χ3n) is 3.39. The molecule has 3 rings (SSSR count). The van der Waals surface area contributed by atoms with Crippen molar-refractivity contribution in [1.82, 2.24) is 5.32 Å². The predicted octanol–water partition coefficient (Wildman–Crippen LogP) is 2.08. The zero-order valence-corrected chi connectivity index (χ0v) is 7.72. The summed E-state index contributed by atoms with van der Waals surface area (Å²) in [5, 5.41) is 3.50. The second kappa shape index (κ2) is 1.78. The van der Waals surface area contributed by atoms with Crippen LogP contribution in [0.15, 0.2) is 23.4 Å². The zero-order chi connectivity index (χ0) is 8.34. The minimum Gasteiger partial charge on any atom is -0.384 e. The second-order valence-electron chi connectivity index (χ2n) is 4.96. The third-order valence-corrected chi connectivity index (χ3v) is 3.39. The Kier molecular flexibility index (Phi) is 1.00. The lowest BCUT2D eigenvalue weighted by Crippen LogP contribution is -2.16. The van der Waals surface area contributed by atoms with Gasteiger partial charge in [0.15, 0.2) is 0 Å². The van der Waals surface area contributed by atoms with E-state index in [-0.39, 0.29) is 0 Å². The van der Waals surface area contributed by atoms with Crippen molar-refractivity contribution in [3.05, 3.63) is 23.4 Å². The van der Waals surface area contributed by atoms with E-state index in [0.29, 0.717) is 5.41 Å². The molecule has 3 aliphatic rings. The van der Waals surface area contributed by atoms with Gasteiger partial charge in [-0.3, -0.25) is 0 Å². The first-order valence-corrected chi connectivity index (χ1v) is 4.85. The van der Waals surface area contributed by atoms with Gasteiger partial charge >= 0.3 is 0 Å². The van der Waals surface area contributed by atoms with E-state index in [1.165, 1.54) is 12.1 Å². The topological polar surface area (TPSA) is 12.0 Å². The molecule has 1 aliphatic heterocycles. The molecule has 2 fully saturated rings. The Morgan fingerprint density at radius 2 is 2.08 bits per heavy atom. The van der Waals surface area contributed by atoms with Crippen LogP contribution in [0.2, 0.25) is 0 Å². The van der Waals surface area contributed by atoms with Crippen molar-refractivity contribution in [2.75, 3.05) is 6.54 Å². The van der Waals surface area contributed by atoms with Gasteiger partial charge in [-0.1, -0.05) is 26.0 Å². The quantitative estimate of drug-likeness (QED) is 0.573. The van der Waals surface area contributed by atoms with E-state index in [2.05, 4.69) is 31.3 Å². The standard InChI is InChI=1S/C11H15N/c1-11(2)6-12-10-5-8-3-7(8)4-9(10)11/h4-5,7-8,12H,3,6H2,1-2H3. The zero-order valence-electron chi connectivity index (χ0n) is 7.72. The Morgan fingerprint density at radius 3 is 2.92 bits per heavy atom. The summed E-state index contributed by atoms with van der Waals surface area (Å²) in [7, 11) is 0. The summed E-state index contributed by atoms with van der Waals surface area (Å²) in [6, 6.07) is 0. The van der Waals surface area contributed by atoms with Crippen molar-refractivity contribution >= 4 is 0 Å². The summed E-state index contributed by atoms with van der Waals surface area (Å²) in [4.78, 5) is 0. The van der Waals surface area contributed by atoms with Crippen molar-refractivity contribution in [2.45, 2.75) is 20.3 Å². The summed E-state index contributed by atoms with van der Waals surface area (Å²) in [5.74, 6) is 1.77. The molecule has 2 aliphatic carbocycles. The summed E-state index contributed by atoms with van der Waals surface area (Å²) in [6.07, 6.45) is 6.33. The van der Waals surface area contributed by atoms with Crippen LogP contribution in [0, 0.1) is 17.3 Å². The normalized spacial score (nSPS) is 40.5. The molecule has 1 nitrogen and oxygen atoms in total. The van der Waals surface area contributed by atoms with Gasteiger partial charge in [-0.15, -0.1) is 0 Å². The van der Waals surface area contributed by atoms with Gasteiger partial charge in [0.05, 0.1) is 0 Å². The van der Waals surface area contributed by atoms with Gasteiger partial charge in [0.25, 0.3) is 0 Å². The van der Waals surface area contributed by atoms with E-state index >= 15 is 0 Å². The molecule has 0 bridgehead atoms. The van der Waals surface area contributed by atoms with Gasteiger partial charge in [-0.05, 0) is 23.8 Å². The Labute approximate surface area is 73.5 Å². The van der Waals surface area contributed by atoms with Crippen LogP contribution in [0.25, 0.3) is 0 Å².